The molecule has 0 aliphatic carbocycles. The molecule has 28 heavy (non-hydrogen) atoms. The summed E-state index contributed by atoms with van der Waals surface area (Å²) in [5.41, 5.74) is 2.76. The number of rotatable bonds is 8. The van der Waals surface area contributed by atoms with Crippen LogP contribution in [0.1, 0.15) is 11.1 Å². The Kier molecular flexibility index (Phi) is 6.49. The minimum absolute atomic E-state index is 0.363. The summed E-state index contributed by atoms with van der Waals surface area (Å²) in [5, 5.41) is 15.1. The standard InChI is InChI=1S/C20H22ClN5O2/c1-13-10-16(18(28-3)11-15(13)21)24-20-25-19(12-23-26-20)22-9-8-14-6-4-5-7-17(14)27-2/h4-7,10-12H,8-9H2,1-3H3,(H2,22,24,25,26). The molecule has 146 valence electrons. The third-order valence-electron chi connectivity index (χ3n) is 4.18. The van der Waals surface area contributed by atoms with Crippen LogP contribution in [-0.2, 0) is 6.42 Å². The SMILES string of the molecule is COc1ccccc1CCNc1cnnc(Nc2cc(C)c(Cl)cc2OC)n1. The van der Waals surface area contributed by atoms with E-state index in [9.17, 15) is 0 Å². The van der Waals surface area contributed by atoms with Gasteiger partial charge in [0.05, 0.1) is 26.1 Å². The van der Waals surface area contributed by atoms with Crippen LogP contribution in [0, 0.1) is 6.92 Å². The number of hydrogen-bond donors (Lipinski definition) is 2. The maximum Gasteiger partial charge on any atom is 0.249 e. The molecule has 7 nitrogen and oxygen atoms in total. The van der Waals surface area contributed by atoms with E-state index in [0.29, 0.717) is 29.1 Å². The van der Waals surface area contributed by atoms with Crippen LogP contribution in [0.4, 0.5) is 17.5 Å². The number of nitrogens with one attached hydrogen (secondary N) is 2. The quantitative estimate of drug-likeness (QED) is 0.586. The molecular formula is C20H22ClN5O2. The van der Waals surface area contributed by atoms with Gasteiger partial charge in [-0.2, -0.15) is 10.1 Å². The fourth-order valence-corrected chi connectivity index (χ4v) is 2.88. The lowest BCUT2D eigenvalue weighted by Gasteiger charge is -2.13. The first-order valence-electron chi connectivity index (χ1n) is 8.77. The summed E-state index contributed by atoms with van der Waals surface area (Å²) < 4.78 is 10.7. The van der Waals surface area contributed by atoms with Crippen LogP contribution < -0.4 is 20.1 Å². The van der Waals surface area contributed by atoms with Crippen LogP contribution >= 0.6 is 11.6 Å². The smallest absolute Gasteiger partial charge is 0.249 e. The highest BCUT2D eigenvalue weighted by Gasteiger charge is 2.10. The molecule has 2 N–H and O–H groups in total. The average Bonchev–Trinajstić information content (AvgIpc) is 2.71. The van der Waals surface area contributed by atoms with Gasteiger partial charge in [0.25, 0.3) is 0 Å². The van der Waals surface area contributed by atoms with Crippen LogP contribution in [-0.4, -0.2) is 35.9 Å². The van der Waals surface area contributed by atoms with Crippen LogP contribution in [0.3, 0.4) is 0 Å². The molecule has 0 aliphatic rings. The van der Waals surface area contributed by atoms with E-state index < -0.39 is 0 Å². The van der Waals surface area contributed by atoms with Gasteiger partial charge < -0.3 is 20.1 Å². The van der Waals surface area contributed by atoms with E-state index in [1.54, 1.807) is 26.5 Å². The molecule has 0 saturated carbocycles. The second-order valence-corrected chi connectivity index (χ2v) is 6.49. The molecule has 0 aliphatic heterocycles. The van der Waals surface area contributed by atoms with Gasteiger partial charge in [-0.15, -0.1) is 5.10 Å². The van der Waals surface area contributed by atoms with E-state index in [0.717, 1.165) is 29.0 Å². The predicted molar refractivity (Wildman–Crippen MR) is 111 cm³/mol. The van der Waals surface area contributed by atoms with E-state index in [1.165, 1.54) is 0 Å². The largest absolute Gasteiger partial charge is 0.496 e. The second-order valence-electron chi connectivity index (χ2n) is 6.08. The molecule has 0 bridgehead atoms. The van der Waals surface area contributed by atoms with Gasteiger partial charge in [-0.25, -0.2) is 0 Å². The second kappa shape index (κ2) is 9.23. The predicted octanol–water partition coefficient (Wildman–Crippen LogP) is 4.25. The Morgan fingerprint density at radius 2 is 1.86 bits per heavy atom. The van der Waals surface area contributed by atoms with Crippen molar-refractivity contribution >= 4 is 29.1 Å². The molecule has 2 aromatic carbocycles. The van der Waals surface area contributed by atoms with Crippen molar-refractivity contribution in [3.05, 3.63) is 58.7 Å². The number of hydrogen-bond acceptors (Lipinski definition) is 7. The molecule has 0 saturated heterocycles. The van der Waals surface area contributed by atoms with E-state index in [2.05, 4.69) is 25.8 Å². The van der Waals surface area contributed by atoms with Crippen molar-refractivity contribution in [2.75, 3.05) is 31.4 Å². The summed E-state index contributed by atoms with van der Waals surface area (Å²) >= 11 is 6.15. The third kappa shape index (κ3) is 4.80. The van der Waals surface area contributed by atoms with Crippen molar-refractivity contribution in [2.45, 2.75) is 13.3 Å². The lowest BCUT2D eigenvalue weighted by molar-refractivity contribution is 0.410. The first-order valence-corrected chi connectivity index (χ1v) is 9.15. The third-order valence-corrected chi connectivity index (χ3v) is 4.59. The number of benzene rings is 2. The Labute approximate surface area is 169 Å². The van der Waals surface area contributed by atoms with Gasteiger partial charge in [0, 0.05) is 17.6 Å². The van der Waals surface area contributed by atoms with Crippen molar-refractivity contribution in [1.29, 1.82) is 0 Å². The molecule has 0 atom stereocenters. The molecule has 0 amide bonds. The lowest BCUT2D eigenvalue weighted by Crippen LogP contribution is -2.09. The molecule has 0 radical (unpaired) electrons. The van der Waals surface area contributed by atoms with E-state index >= 15 is 0 Å². The van der Waals surface area contributed by atoms with Gasteiger partial charge in [-0.05, 0) is 36.6 Å². The van der Waals surface area contributed by atoms with Crippen LogP contribution in [0.25, 0.3) is 0 Å². The Morgan fingerprint density at radius 3 is 2.64 bits per heavy atom. The topological polar surface area (TPSA) is 81.2 Å². The molecule has 3 aromatic rings. The van der Waals surface area contributed by atoms with E-state index in [-0.39, 0.29) is 0 Å². The summed E-state index contributed by atoms with van der Waals surface area (Å²) in [5.74, 6) is 2.46. The molecule has 0 spiro atoms. The maximum absolute atomic E-state index is 6.15. The number of halogens is 1. The lowest BCUT2D eigenvalue weighted by atomic mass is 10.1. The van der Waals surface area contributed by atoms with E-state index in [1.807, 2.05) is 37.3 Å². The Hall–Kier alpha value is -3.06. The number of nitrogens with zero attached hydrogens (tertiary/aromatic N) is 3. The fourth-order valence-electron chi connectivity index (χ4n) is 2.73. The number of para-hydroxylation sites is 1. The highest BCUT2D eigenvalue weighted by molar-refractivity contribution is 6.31. The van der Waals surface area contributed by atoms with Crippen molar-refractivity contribution in [3.8, 4) is 11.5 Å². The van der Waals surface area contributed by atoms with Crippen LogP contribution in [0.15, 0.2) is 42.6 Å². The molecule has 1 aromatic heterocycles. The van der Waals surface area contributed by atoms with Gasteiger partial charge in [0.15, 0.2) is 5.82 Å². The number of aromatic nitrogens is 3. The zero-order chi connectivity index (χ0) is 19.9. The zero-order valence-corrected chi connectivity index (χ0v) is 16.7. The summed E-state index contributed by atoms with van der Waals surface area (Å²) in [6.07, 6.45) is 2.37. The van der Waals surface area contributed by atoms with Crippen LogP contribution in [0.2, 0.25) is 5.02 Å². The summed E-state index contributed by atoms with van der Waals surface area (Å²) in [4.78, 5) is 4.45. The highest BCUT2D eigenvalue weighted by atomic mass is 35.5. The summed E-state index contributed by atoms with van der Waals surface area (Å²) in [6.45, 7) is 2.60. The van der Waals surface area contributed by atoms with Crippen molar-refractivity contribution in [3.63, 3.8) is 0 Å². The first kappa shape index (κ1) is 19.7. The molecule has 8 heteroatoms. The first-order chi connectivity index (χ1) is 13.6. The minimum atomic E-state index is 0.363. The van der Waals surface area contributed by atoms with E-state index in [4.69, 9.17) is 21.1 Å². The molecule has 0 fully saturated rings. The minimum Gasteiger partial charge on any atom is -0.496 e. The van der Waals surface area contributed by atoms with Crippen molar-refractivity contribution in [1.82, 2.24) is 15.2 Å². The Morgan fingerprint density at radius 1 is 1.07 bits per heavy atom. The van der Waals surface area contributed by atoms with Gasteiger partial charge >= 0.3 is 0 Å². The molecule has 0 unspecified atom stereocenters. The highest BCUT2D eigenvalue weighted by Crippen LogP contribution is 2.32. The van der Waals surface area contributed by atoms with Gasteiger partial charge in [-0.1, -0.05) is 29.8 Å². The molecule has 3 rings (SSSR count). The van der Waals surface area contributed by atoms with Gasteiger partial charge in [0.1, 0.15) is 11.5 Å². The van der Waals surface area contributed by atoms with Crippen molar-refractivity contribution < 1.29 is 9.47 Å². The monoisotopic (exact) mass is 399 g/mol. The molecule has 1 heterocycles. The Balaban J connectivity index is 1.67. The Bertz CT molecular complexity index is 952. The fraction of sp³-hybridized carbons (Fsp3) is 0.250. The van der Waals surface area contributed by atoms with Crippen LogP contribution in [0.5, 0.6) is 11.5 Å². The summed E-state index contributed by atoms with van der Waals surface area (Å²) in [7, 11) is 3.26. The van der Waals surface area contributed by atoms with Gasteiger partial charge in [0.2, 0.25) is 5.95 Å². The number of anilines is 3. The molecular weight excluding hydrogens is 378 g/mol. The van der Waals surface area contributed by atoms with Crippen molar-refractivity contribution in [2.24, 2.45) is 0 Å². The average molecular weight is 400 g/mol. The normalized spacial score (nSPS) is 10.4. The number of methoxy groups -OCH3 is 2. The summed E-state index contributed by atoms with van der Waals surface area (Å²) in [6, 6.07) is 11.6. The number of ether oxygens (including phenoxy) is 2. The number of aryl methyl sites for hydroxylation is 1. The zero-order valence-electron chi connectivity index (χ0n) is 16.0. The maximum atomic E-state index is 6.15. The van der Waals surface area contributed by atoms with Gasteiger partial charge in [-0.3, -0.25) is 0 Å².